The van der Waals surface area contributed by atoms with Crippen molar-refractivity contribution in [3.05, 3.63) is 75.8 Å². The van der Waals surface area contributed by atoms with Crippen molar-refractivity contribution in [1.82, 2.24) is 19.2 Å². The van der Waals surface area contributed by atoms with E-state index < -0.39 is 5.60 Å². The molecular weight excluding hydrogens is 464 g/mol. The molecule has 4 aromatic heterocycles. The molecule has 5 rings (SSSR count). The average molecular weight is 495 g/mol. The van der Waals surface area contributed by atoms with Crippen molar-refractivity contribution < 1.29 is 19.0 Å². The lowest BCUT2D eigenvalue weighted by Gasteiger charge is -2.33. The van der Waals surface area contributed by atoms with Crippen LogP contribution in [0.15, 0.2) is 48.2 Å². The van der Waals surface area contributed by atoms with Gasteiger partial charge in [-0.05, 0) is 64.3 Å². The third kappa shape index (κ3) is 4.51. The second kappa shape index (κ2) is 9.93. The molecule has 0 amide bonds. The van der Waals surface area contributed by atoms with Crippen LogP contribution in [0.3, 0.4) is 0 Å². The fraction of sp³-hybridized carbons (Fsp3) is 0.423. The van der Waals surface area contributed by atoms with Gasteiger partial charge in [-0.1, -0.05) is 0 Å². The molecule has 9 heteroatoms. The van der Waals surface area contributed by atoms with Gasteiger partial charge in [0.1, 0.15) is 17.2 Å². The van der Waals surface area contributed by atoms with E-state index in [0.717, 1.165) is 53.3 Å². The average Bonchev–Trinajstić information content (AvgIpc) is 3.64. The number of ether oxygens (including phenoxy) is 3. The Hall–Kier alpha value is -3.01. The van der Waals surface area contributed by atoms with Crippen molar-refractivity contribution in [2.45, 2.75) is 58.5 Å². The minimum absolute atomic E-state index is 0.121. The normalized spacial score (nSPS) is 18.0. The molecule has 4 aromatic rings. The molecule has 184 valence electrons. The summed E-state index contributed by atoms with van der Waals surface area (Å²) in [5, 5.41) is 7.50. The summed E-state index contributed by atoms with van der Waals surface area (Å²) < 4.78 is 22.0. The van der Waals surface area contributed by atoms with Gasteiger partial charge >= 0.3 is 5.97 Å². The molecule has 0 spiro atoms. The Morgan fingerprint density at radius 2 is 2.17 bits per heavy atom. The first-order valence-corrected chi connectivity index (χ1v) is 12.9. The van der Waals surface area contributed by atoms with Crippen LogP contribution in [0.4, 0.5) is 0 Å². The Morgan fingerprint density at radius 1 is 1.29 bits per heavy atom. The molecule has 2 atom stereocenters. The molecule has 1 aliphatic heterocycles. The van der Waals surface area contributed by atoms with Gasteiger partial charge in [-0.15, -0.1) is 11.3 Å². The summed E-state index contributed by atoms with van der Waals surface area (Å²) in [6.45, 7) is 7.38. The highest BCUT2D eigenvalue weighted by Crippen LogP contribution is 2.40. The van der Waals surface area contributed by atoms with E-state index in [1.54, 1.807) is 30.5 Å². The van der Waals surface area contributed by atoms with E-state index in [-0.39, 0.29) is 12.2 Å². The number of esters is 1. The smallest absolute Gasteiger partial charge is 0.338 e. The molecule has 0 aromatic carbocycles. The standard InChI is InChI=1S/C26H30N4O4S/c1-4-32-25(31)19-9-12-29-18(2)21(16-20(29)15-19)26(3,34-17-23-27-11-14-35-23)22-8-10-28-30(22)24-7-5-6-13-33-24/h8-12,14-16,24H,4-7,13,17H2,1-3H3. The Morgan fingerprint density at radius 3 is 2.91 bits per heavy atom. The molecule has 35 heavy (non-hydrogen) atoms. The summed E-state index contributed by atoms with van der Waals surface area (Å²) in [6.07, 6.45) is 8.46. The summed E-state index contributed by atoms with van der Waals surface area (Å²) >= 11 is 1.57. The number of nitrogens with zero attached hydrogens (tertiary/aromatic N) is 4. The maximum Gasteiger partial charge on any atom is 0.338 e. The number of carbonyl (C=O) groups excluding carboxylic acids is 1. The van der Waals surface area contributed by atoms with Crippen molar-refractivity contribution in [3.8, 4) is 0 Å². The van der Waals surface area contributed by atoms with Crippen LogP contribution in [0, 0.1) is 6.92 Å². The van der Waals surface area contributed by atoms with Gasteiger partial charge in [0.2, 0.25) is 0 Å². The minimum atomic E-state index is -0.830. The molecule has 5 heterocycles. The number of aromatic nitrogens is 4. The van der Waals surface area contributed by atoms with Crippen molar-refractivity contribution >= 4 is 22.8 Å². The lowest BCUT2D eigenvalue weighted by atomic mass is 9.91. The van der Waals surface area contributed by atoms with Gasteiger partial charge in [-0.2, -0.15) is 5.10 Å². The van der Waals surface area contributed by atoms with Crippen LogP contribution < -0.4 is 0 Å². The van der Waals surface area contributed by atoms with Gasteiger partial charge in [0.25, 0.3) is 0 Å². The molecular formula is C26H30N4O4S. The zero-order chi connectivity index (χ0) is 24.4. The summed E-state index contributed by atoms with van der Waals surface area (Å²) in [7, 11) is 0. The highest BCUT2D eigenvalue weighted by Gasteiger charge is 2.38. The summed E-state index contributed by atoms with van der Waals surface area (Å²) in [6, 6.07) is 7.73. The predicted molar refractivity (Wildman–Crippen MR) is 133 cm³/mol. The zero-order valence-corrected chi connectivity index (χ0v) is 21.1. The highest BCUT2D eigenvalue weighted by atomic mass is 32.1. The minimum Gasteiger partial charge on any atom is -0.462 e. The largest absolute Gasteiger partial charge is 0.462 e. The van der Waals surface area contributed by atoms with Crippen molar-refractivity contribution in [2.75, 3.05) is 13.2 Å². The third-order valence-corrected chi connectivity index (χ3v) is 7.36. The lowest BCUT2D eigenvalue weighted by Crippen LogP contribution is -2.33. The maximum atomic E-state index is 12.3. The van der Waals surface area contributed by atoms with E-state index in [0.29, 0.717) is 18.8 Å². The molecule has 0 radical (unpaired) electrons. The van der Waals surface area contributed by atoms with E-state index >= 15 is 0 Å². The fourth-order valence-electron chi connectivity index (χ4n) is 4.80. The number of thiazole rings is 1. The molecule has 1 aliphatic rings. The molecule has 0 N–H and O–H groups in total. The summed E-state index contributed by atoms with van der Waals surface area (Å²) in [4.78, 5) is 16.7. The Kier molecular flexibility index (Phi) is 6.73. The van der Waals surface area contributed by atoms with Crippen LogP contribution >= 0.6 is 11.3 Å². The van der Waals surface area contributed by atoms with Crippen molar-refractivity contribution in [3.63, 3.8) is 0 Å². The lowest BCUT2D eigenvalue weighted by molar-refractivity contribution is -0.0618. The van der Waals surface area contributed by atoms with E-state index in [4.69, 9.17) is 14.2 Å². The third-order valence-electron chi connectivity index (χ3n) is 6.61. The van der Waals surface area contributed by atoms with Crippen LogP contribution in [0.25, 0.3) is 5.52 Å². The van der Waals surface area contributed by atoms with Gasteiger partial charge in [-0.3, -0.25) is 0 Å². The number of pyridine rings is 1. The summed E-state index contributed by atoms with van der Waals surface area (Å²) in [5.41, 5.74) is 3.53. The molecule has 8 nitrogen and oxygen atoms in total. The Bertz CT molecular complexity index is 1310. The molecule has 0 saturated carbocycles. The Labute approximate surface area is 208 Å². The van der Waals surface area contributed by atoms with Gasteiger partial charge in [-0.25, -0.2) is 14.5 Å². The van der Waals surface area contributed by atoms with Crippen LogP contribution in [0.2, 0.25) is 0 Å². The number of carbonyl (C=O) groups is 1. The molecule has 0 bridgehead atoms. The topological polar surface area (TPSA) is 79.9 Å². The highest BCUT2D eigenvalue weighted by molar-refractivity contribution is 7.09. The summed E-state index contributed by atoms with van der Waals surface area (Å²) in [5.74, 6) is -0.328. The molecule has 1 fully saturated rings. The van der Waals surface area contributed by atoms with E-state index in [9.17, 15) is 4.79 Å². The second-order valence-electron chi connectivity index (χ2n) is 8.80. The second-order valence-corrected chi connectivity index (χ2v) is 9.78. The van der Waals surface area contributed by atoms with Crippen LogP contribution in [-0.2, 0) is 26.4 Å². The quantitative estimate of drug-likeness (QED) is 0.311. The van der Waals surface area contributed by atoms with Gasteiger partial charge in [0, 0.05) is 47.4 Å². The number of rotatable bonds is 8. The predicted octanol–water partition coefficient (Wildman–Crippen LogP) is 5.26. The van der Waals surface area contributed by atoms with Gasteiger partial charge < -0.3 is 18.6 Å². The van der Waals surface area contributed by atoms with Gasteiger partial charge in [0.05, 0.1) is 17.9 Å². The van der Waals surface area contributed by atoms with Crippen molar-refractivity contribution in [2.24, 2.45) is 0 Å². The van der Waals surface area contributed by atoms with E-state index in [2.05, 4.69) is 34.4 Å². The monoisotopic (exact) mass is 494 g/mol. The molecule has 0 aliphatic carbocycles. The van der Waals surface area contributed by atoms with Gasteiger partial charge in [0.15, 0.2) is 6.23 Å². The van der Waals surface area contributed by atoms with Crippen LogP contribution in [0.5, 0.6) is 0 Å². The SMILES string of the molecule is CCOC(=O)c1ccn2c(C)c(C(C)(OCc3nccs3)c3ccnn3C3CCCCO3)cc2c1. The number of hydrogen-bond donors (Lipinski definition) is 0. The first-order valence-electron chi connectivity index (χ1n) is 12.0. The zero-order valence-electron chi connectivity index (χ0n) is 20.3. The fourth-order valence-corrected chi connectivity index (χ4v) is 5.33. The van der Waals surface area contributed by atoms with Crippen LogP contribution in [-0.4, -0.2) is 38.3 Å². The number of aryl methyl sites for hydroxylation is 1. The molecule has 1 saturated heterocycles. The first kappa shape index (κ1) is 23.7. The van der Waals surface area contributed by atoms with E-state index in [1.165, 1.54) is 0 Å². The van der Waals surface area contributed by atoms with E-state index in [1.807, 2.05) is 34.6 Å². The molecule has 2 unspecified atom stereocenters. The Balaban J connectivity index is 1.60. The first-order chi connectivity index (χ1) is 17.0. The number of hydrogen-bond acceptors (Lipinski definition) is 7. The maximum absolute atomic E-state index is 12.3. The van der Waals surface area contributed by atoms with Crippen LogP contribution in [0.1, 0.15) is 71.7 Å². The number of fused-ring (bicyclic) bond motifs is 1. The van der Waals surface area contributed by atoms with Crippen molar-refractivity contribution in [1.29, 1.82) is 0 Å².